The highest BCUT2D eigenvalue weighted by molar-refractivity contribution is 5.94. The number of nitrogens with zero attached hydrogens (tertiary/aromatic N) is 2. The lowest BCUT2D eigenvalue weighted by Gasteiger charge is -2.36. The molecule has 0 aromatic heterocycles. The summed E-state index contributed by atoms with van der Waals surface area (Å²) in [7, 11) is 3.40. The molecule has 7 rings (SSSR count). The molecule has 2 saturated carbocycles. The van der Waals surface area contributed by atoms with Gasteiger partial charge in [0.25, 0.3) is 0 Å². The van der Waals surface area contributed by atoms with Crippen molar-refractivity contribution < 1.29 is 47.8 Å². The highest BCUT2D eigenvalue weighted by atomic mass is 16.6. The van der Waals surface area contributed by atoms with Crippen LogP contribution in [0.5, 0.6) is 11.5 Å². The van der Waals surface area contributed by atoms with Crippen LogP contribution in [0.1, 0.15) is 202 Å². The molecule has 6 amide bonds. The average Bonchev–Trinajstić information content (AvgIpc) is 2.78. The quantitative estimate of drug-likeness (QED) is 0.0608. The van der Waals surface area contributed by atoms with Crippen molar-refractivity contribution in [1.82, 2.24) is 41.7 Å². The zero-order chi connectivity index (χ0) is 62.7. The number of Topliss-reactive ketones (excluding diaryl/α,β-unsaturated/α-hetero) is 1. The third kappa shape index (κ3) is 22.7. The number of ether oxygens (including phenoxy) is 3. The molecule has 0 unspecified atom stereocenters. The van der Waals surface area contributed by atoms with Crippen LogP contribution >= 0.6 is 0 Å². The minimum Gasteiger partial charge on any atom is -0.489 e. The number of ketones is 1. The molecule has 491 valence electrons. The van der Waals surface area contributed by atoms with Gasteiger partial charge in [-0.2, -0.15) is 0 Å². The SMILES string of the molecule is C.CC(=O)[C@@H](CC(C)C)NC(=O)[C@@H](C)N(C)C(=O)[C@@H](NC[C@H]1CCc2cccc(CCCNC(=O)OC(C)(C)C)c2O1)C1CCCCC1.CC(C)C[C@H]1NC(=O)[C@@H](C)N(C)C(=O)[C@H](C2CCCCC2)NC[C@H]2CCc3cccc(c3O2)CCCNC1=O.[B]. The van der Waals surface area contributed by atoms with E-state index in [1.54, 1.807) is 32.8 Å². The van der Waals surface area contributed by atoms with Gasteiger partial charge in [0.2, 0.25) is 29.5 Å². The number of hydrogen-bond acceptors (Lipinski definition) is 12. The minimum atomic E-state index is -0.713. The summed E-state index contributed by atoms with van der Waals surface area (Å²) in [5.41, 5.74) is 4.15. The van der Waals surface area contributed by atoms with Crippen LogP contribution in [0.4, 0.5) is 4.79 Å². The molecule has 2 aromatic carbocycles. The first-order valence-electron chi connectivity index (χ1n) is 32.8. The van der Waals surface area contributed by atoms with Gasteiger partial charge in [-0.15, -0.1) is 0 Å². The van der Waals surface area contributed by atoms with E-state index in [4.69, 9.17) is 14.2 Å². The van der Waals surface area contributed by atoms with Crippen LogP contribution in [0.3, 0.4) is 0 Å². The molecule has 2 aliphatic carbocycles. The zero-order valence-electron chi connectivity index (χ0n) is 54.9. The highest BCUT2D eigenvalue weighted by Crippen LogP contribution is 2.35. The van der Waals surface area contributed by atoms with Crippen molar-refractivity contribution in [2.75, 3.05) is 40.3 Å². The summed E-state index contributed by atoms with van der Waals surface area (Å²) in [5.74, 6) is 1.76. The first kappa shape index (κ1) is 74.8. The van der Waals surface area contributed by atoms with Gasteiger partial charge in [0.15, 0.2) is 5.78 Å². The van der Waals surface area contributed by atoms with Gasteiger partial charge in [0.05, 0.1) is 18.1 Å². The summed E-state index contributed by atoms with van der Waals surface area (Å²) in [4.78, 5) is 94.8. The fraction of sp³-hybridized carbons (Fsp3) is 0.725. The van der Waals surface area contributed by atoms with Crippen LogP contribution in [0.15, 0.2) is 36.4 Å². The molecule has 0 spiro atoms. The number of fused-ring (bicyclic) bond motifs is 2. The van der Waals surface area contributed by atoms with E-state index in [0.717, 1.165) is 125 Å². The Hall–Kier alpha value is -5.69. The van der Waals surface area contributed by atoms with Crippen LogP contribution in [-0.4, -0.2) is 154 Å². The molecule has 2 bridgehead atoms. The molecule has 3 aliphatic heterocycles. The standard InChI is InChI=1S/C37H60N4O6.C31H48N4O4.CH4.B/c1-24(2)22-31(26(4)42)40-34(43)25(3)41(8)35(44)32(27-14-10-9-11-15-27)39-23-30-20-19-29-17-12-16-28(33(29)46-30)18-13-21-38-36(45)47-37(5,6)7;1-20(2)18-26-30(37)32-17-9-14-23-12-8-13-24-15-16-25(39-28(23)24)19-33-27(22-10-6-5-7-11-22)31(38)35(4)21(3)29(36)34-26;;/h12,16-17,24-25,27,30-32,39H,9-11,13-15,18-23H2,1-8H3,(H,38,45)(H,40,43);8,12-13,20-22,25-27,33H,5-7,9-11,14-19H2,1-4H3,(H,32,37)(H,34,36);1H4;/t25-,30-,31-,32+;21-,25-,26-,27+;;/m11../s1. The topological polar surface area (TPSA) is 226 Å². The molecule has 5 aliphatic rings. The van der Waals surface area contributed by atoms with E-state index in [-0.39, 0.29) is 93.1 Å². The van der Waals surface area contributed by atoms with Crippen molar-refractivity contribution in [3.05, 3.63) is 58.7 Å². The average molecular weight is 1220 g/mol. The van der Waals surface area contributed by atoms with E-state index in [1.807, 2.05) is 48.5 Å². The Morgan fingerprint density at radius 2 is 1.42 bits per heavy atom. The molecular formula is C69H112BN8O10. The minimum absolute atomic E-state index is 0. The fourth-order valence-electron chi connectivity index (χ4n) is 12.8. The van der Waals surface area contributed by atoms with E-state index in [2.05, 4.69) is 68.3 Å². The maximum absolute atomic E-state index is 14.0. The Bertz CT molecular complexity index is 2560. The predicted molar refractivity (Wildman–Crippen MR) is 349 cm³/mol. The van der Waals surface area contributed by atoms with Crippen molar-refractivity contribution in [1.29, 1.82) is 0 Å². The lowest BCUT2D eigenvalue weighted by Crippen LogP contribution is -2.58. The maximum atomic E-state index is 14.0. The Balaban J connectivity index is 0.000000374. The second kappa shape index (κ2) is 36.2. The van der Waals surface area contributed by atoms with Crippen molar-refractivity contribution in [3.8, 4) is 11.5 Å². The molecule has 8 atom stereocenters. The van der Waals surface area contributed by atoms with E-state index in [0.29, 0.717) is 39.0 Å². The zero-order valence-corrected chi connectivity index (χ0v) is 54.9. The van der Waals surface area contributed by atoms with E-state index < -0.39 is 41.9 Å². The van der Waals surface area contributed by atoms with Crippen molar-refractivity contribution in [3.63, 3.8) is 0 Å². The van der Waals surface area contributed by atoms with Crippen molar-refractivity contribution >= 4 is 49.8 Å². The van der Waals surface area contributed by atoms with Gasteiger partial charge in [-0.1, -0.05) is 110 Å². The molecule has 18 nitrogen and oxygen atoms in total. The number of amides is 6. The Morgan fingerprint density at radius 3 is 2.06 bits per heavy atom. The third-order valence-electron chi connectivity index (χ3n) is 18.0. The van der Waals surface area contributed by atoms with E-state index in [9.17, 15) is 33.6 Å². The Morgan fingerprint density at radius 1 is 0.795 bits per heavy atom. The van der Waals surface area contributed by atoms with E-state index >= 15 is 0 Å². The van der Waals surface area contributed by atoms with Gasteiger partial charge < -0.3 is 55.9 Å². The molecule has 88 heavy (non-hydrogen) atoms. The second-order valence-corrected chi connectivity index (χ2v) is 27.1. The van der Waals surface area contributed by atoms with Crippen LogP contribution in [0.2, 0.25) is 0 Å². The number of benzene rings is 2. The monoisotopic (exact) mass is 1220 g/mol. The number of carbonyl (C=O) groups is 7. The van der Waals surface area contributed by atoms with Gasteiger partial charge in [-0.25, -0.2) is 4.79 Å². The Labute approximate surface area is 530 Å². The van der Waals surface area contributed by atoms with Gasteiger partial charge in [-0.3, -0.25) is 28.8 Å². The summed E-state index contributed by atoms with van der Waals surface area (Å²) in [6, 6.07) is 9.20. The third-order valence-corrected chi connectivity index (χ3v) is 18.0. The molecule has 0 saturated heterocycles. The number of rotatable bonds is 18. The van der Waals surface area contributed by atoms with Crippen molar-refractivity contribution in [2.45, 2.75) is 259 Å². The lowest BCUT2D eigenvalue weighted by atomic mass is 9.83. The number of alkyl carbamates (subject to hydrolysis) is 1. The first-order valence-corrected chi connectivity index (χ1v) is 32.8. The Kier molecular flexibility index (Phi) is 30.8. The molecule has 2 fully saturated rings. The van der Waals surface area contributed by atoms with Gasteiger partial charge in [0, 0.05) is 48.7 Å². The van der Waals surface area contributed by atoms with Crippen molar-refractivity contribution in [2.24, 2.45) is 23.7 Å². The van der Waals surface area contributed by atoms with Gasteiger partial charge in [-0.05, 0) is 177 Å². The van der Waals surface area contributed by atoms with Crippen LogP contribution in [0.25, 0.3) is 0 Å². The summed E-state index contributed by atoms with van der Waals surface area (Å²) >= 11 is 0. The summed E-state index contributed by atoms with van der Waals surface area (Å²) in [5, 5.41) is 18.9. The van der Waals surface area contributed by atoms with Crippen LogP contribution in [0, 0.1) is 23.7 Å². The molecule has 19 heteroatoms. The normalized spacial score (nSPS) is 22.5. The highest BCUT2D eigenvalue weighted by Gasteiger charge is 2.39. The summed E-state index contributed by atoms with van der Waals surface area (Å²) in [6.07, 6.45) is 18.0. The lowest BCUT2D eigenvalue weighted by molar-refractivity contribution is -0.142. The molecular weight excluding hydrogens is 1110 g/mol. The van der Waals surface area contributed by atoms with Crippen LogP contribution in [-0.2, 0) is 59.2 Å². The largest absolute Gasteiger partial charge is 0.489 e. The molecule has 2 aromatic rings. The van der Waals surface area contributed by atoms with Gasteiger partial charge >= 0.3 is 6.09 Å². The molecule has 6 N–H and O–H groups in total. The summed E-state index contributed by atoms with van der Waals surface area (Å²) in [6.45, 7) is 20.8. The number of para-hydroxylation sites is 2. The van der Waals surface area contributed by atoms with E-state index in [1.165, 1.54) is 35.8 Å². The first-order chi connectivity index (χ1) is 40.9. The second-order valence-electron chi connectivity index (χ2n) is 27.1. The number of aryl methyl sites for hydroxylation is 4. The number of hydrogen-bond donors (Lipinski definition) is 6. The predicted octanol–water partition coefficient (Wildman–Crippen LogP) is 8.96. The number of nitrogens with one attached hydrogen (secondary N) is 6. The molecule has 3 radical (unpaired) electrons. The molecule has 3 heterocycles. The number of likely N-dealkylation sites (N-methyl/N-ethyl adjacent to an activating group) is 2. The van der Waals surface area contributed by atoms with Gasteiger partial charge in [0.1, 0.15) is 47.4 Å². The summed E-state index contributed by atoms with van der Waals surface area (Å²) < 4.78 is 18.4. The number of carbonyl (C=O) groups excluding carboxylic acids is 7. The smallest absolute Gasteiger partial charge is 0.407 e. The maximum Gasteiger partial charge on any atom is 0.407 e. The fourth-order valence-corrected chi connectivity index (χ4v) is 12.8. The van der Waals surface area contributed by atoms with Crippen LogP contribution < -0.4 is 41.4 Å².